The average molecular weight is 296 g/mol. The number of aliphatic hydroxyl groups is 1. The number of quaternary nitrogens is 2. The summed E-state index contributed by atoms with van der Waals surface area (Å²) < 4.78 is 5.83. The SMILES string of the molecule is Cc1ccc(C)c(OC[C@@H](O)C[NH2+]CCC[NH+](C)C)c1C. The average Bonchev–Trinajstić information content (AvgIpc) is 2.42. The zero-order chi connectivity index (χ0) is 15.8. The van der Waals surface area contributed by atoms with Crippen molar-refractivity contribution in [2.24, 2.45) is 0 Å². The van der Waals surface area contributed by atoms with E-state index >= 15 is 0 Å². The van der Waals surface area contributed by atoms with Gasteiger partial charge in [-0.2, -0.15) is 0 Å². The van der Waals surface area contributed by atoms with Crippen LogP contribution in [0.4, 0.5) is 0 Å². The monoisotopic (exact) mass is 296 g/mol. The predicted molar refractivity (Wildman–Crippen MR) is 86.1 cm³/mol. The van der Waals surface area contributed by atoms with Crippen LogP contribution < -0.4 is 15.0 Å². The van der Waals surface area contributed by atoms with Gasteiger partial charge in [0.05, 0.1) is 27.2 Å². The van der Waals surface area contributed by atoms with Gasteiger partial charge in [-0.25, -0.2) is 0 Å². The Morgan fingerprint density at radius 1 is 1.19 bits per heavy atom. The van der Waals surface area contributed by atoms with E-state index in [0.29, 0.717) is 13.2 Å². The standard InChI is InChI=1S/C17H30N2O2/c1-13-7-8-14(2)17(15(13)3)21-12-16(20)11-18-9-6-10-19(4)5/h7-8,16,18,20H,6,9-12H2,1-5H3/p+2/t16-/m0/s1. The first-order valence-corrected chi connectivity index (χ1v) is 7.90. The quantitative estimate of drug-likeness (QED) is 0.536. The van der Waals surface area contributed by atoms with Crippen LogP contribution in [-0.4, -0.2) is 51.5 Å². The molecule has 0 aromatic heterocycles. The zero-order valence-electron chi connectivity index (χ0n) is 14.2. The topological polar surface area (TPSA) is 50.5 Å². The van der Waals surface area contributed by atoms with Crippen molar-refractivity contribution in [3.05, 3.63) is 28.8 Å². The molecule has 0 aliphatic carbocycles. The maximum Gasteiger partial charge on any atom is 0.137 e. The van der Waals surface area contributed by atoms with Gasteiger partial charge in [-0.15, -0.1) is 0 Å². The van der Waals surface area contributed by atoms with Gasteiger partial charge in [0.25, 0.3) is 0 Å². The second kappa shape index (κ2) is 9.03. The van der Waals surface area contributed by atoms with E-state index in [9.17, 15) is 5.11 Å². The number of nitrogens with one attached hydrogen (secondary N) is 1. The van der Waals surface area contributed by atoms with Crippen LogP contribution in [0.1, 0.15) is 23.1 Å². The lowest BCUT2D eigenvalue weighted by Gasteiger charge is -2.16. The van der Waals surface area contributed by atoms with Gasteiger partial charge in [-0.1, -0.05) is 12.1 Å². The normalized spacial score (nSPS) is 12.7. The summed E-state index contributed by atoms with van der Waals surface area (Å²) in [5, 5.41) is 12.2. The molecule has 0 spiro atoms. The van der Waals surface area contributed by atoms with Gasteiger partial charge in [0.15, 0.2) is 0 Å². The molecule has 0 saturated heterocycles. The molecule has 0 amide bonds. The molecule has 0 fully saturated rings. The molecule has 4 nitrogen and oxygen atoms in total. The Morgan fingerprint density at radius 2 is 1.86 bits per heavy atom. The minimum Gasteiger partial charge on any atom is -0.490 e. The fourth-order valence-corrected chi connectivity index (χ4v) is 2.31. The molecule has 21 heavy (non-hydrogen) atoms. The van der Waals surface area contributed by atoms with Gasteiger partial charge in [0, 0.05) is 6.42 Å². The molecule has 0 unspecified atom stereocenters. The fourth-order valence-electron chi connectivity index (χ4n) is 2.31. The van der Waals surface area contributed by atoms with E-state index in [1.807, 2.05) is 6.92 Å². The lowest BCUT2D eigenvalue weighted by molar-refractivity contribution is -0.860. The highest BCUT2D eigenvalue weighted by Crippen LogP contribution is 2.25. The third-order valence-corrected chi connectivity index (χ3v) is 3.82. The number of hydrogen-bond acceptors (Lipinski definition) is 2. The van der Waals surface area contributed by atoms with Crippen molar-refractivity contribution in [1.29, 1.82) is 0 Å². The van der Waals surface area contributed by atoms with E-state index < -0.39 is 6.10 Å². The number of rotatable bonds is 9. The van der Waals surface area contributed by atoms with Gasteiger partial charge < -0.3 is 20.1 Å². The number of nitrogens with two attached hydrogens (primary N) is 1. The van der Waals surface area contributed by atoms with Crippen molar-refractivity contribution in [3.63, 3.8) is 0 Å². The van der Waals surface area contributed by atoms with Crippen molar-refractivity contribution >= 4 is 0 Å². The van der Waals surface area contributed by atoms with E-state index in [-0.39, 0.29) is 0 Å². The molecule has 0 bridgehead atoms. The summed E-state index contributed by atoms with van der Waals surface area (Å²) in [6.07, 6.45) is 0.752. The highest BCUT2D eigenvalue weighted by Gasteiger charge is 2.11. The van der Waals surface area contributed by atoms with Gasteiger partial charge in [0.1, 0.15) is 25.0 Å². The molecule has 120 valence electrons. The number of ether oxygens (including phenoxy) is 1. The number of benzene rings is 1. The van der Waals surface area contributed by atoms with Gasteiger partial charge >= 0.3 is 0 Å². The molecule has 1 aromatic carbocycles. The Labute approximate surface area is 129 Å². The summed E-state index contributed by atoms with van der Waals surface area (Å²) in [4.78, 5) is 1.47. The van der Waals surface area contributed by atoms with Crippen LogP contribution in [0.2, 0.25) is 0 Å². The molecule has 0 saturated carbocycles. The molecule has 0 heterocycles. The van der Waals surface area contributed by atoms with Crippen molar-refractivity contribution < 1.29 is 20.1 Å². The van der Waals surface area contributed by atoms with E-state index in [2.05, 4.69) is 45.4 Å². The molecule has 1 rings (SSSR count). The second-order valence-corrected chi connectivity index (χ2v) is 6.24. The lowest BCUT2D eigenvalue weighted by Crippen LogP contribution is -3.06. The van der Waals surface area contributed by atoms with Crippen molar-refractivity contribution in [1.82, 2.24) is 0 Å². The van der Waals surface area contributed by atoms with Gasteiger partial charge in [0.2, 0.25) is 0 Å². The summed E-state index contributed by atoms with van der Waals surface area (Å²) in [5.41, 5.74) is 3.52. The number of aliphatic hydroxyl groups excluding tert-OH is 1. The minimum atomic E-state index is -0.420. The molecule has 1 aromatic rings. The Balaban J connectivity index is 2.30. The van der Waals surface area contributed by atoms with E-state index in [1.165, 1.54) is 29.0 Å². The Kier molecular flexibility index (Phi) is 7.72. The minimum absolute atomic E-state index is 0.362. The molecular formula is C17H32N2O2+2. The van der Waals surface area contributed by atoms with Crippen molar-refractivity contribution in [3.8, 4) is 5.75 Å². The van der Waals surface area contributed by atoms with Crippen LogP contribution in [-0.2, 0) is 0 Å². The van der Waals surface area contributed by atoms with Crippen molar-refractivity contribution in [2.45, 2.75) is 33.3 Å². The zero-order valence-corrected chi connectivity index (χ0v) is 14.2. The van der Waals surface area contributed by atoms with Crippen LogP contribution in [0, 0.1) is 20.8 Å². The maximum atomic E-state index is 10.0. The van der Waals surface area contributed by atoms with Crippen LogP contribution in [0.25, 0.3) is 0 Å². The molecule has 0 radical (unpaired) electrons. The number of hydrogen-bond donors (Lipinski definition) is 3. The molecule has 4 heteroatoms. The molecular weight excluding hydrogens is 264 g/mol. The smallest absolute Gasteiger partial charge is 0.137 e. The lowest BCUT2D eigenvalue weighted by atomic mass is 10.1. The Hall–Kier alpha value is -1.10. The summed E-state index contributed by atoms with van der Waals surface area (Å²) in [7, 11) is 4.32. The van der Waals surface area contributed by atoms with Crippen LogP contribution in [0.3, 0.4) is 0 Å². The molecule has 1 atom stereocenters. The molecule has 0 aliphatic heterocycles. The van der Waals surface area contributed by atoms with Gasteiger partial charge in [-0.05, 0) is 37.5 Å². The first kappa shape index (κ1) is 18.0. The first-order chi connectivity index (χ1) is 9.91. The van der Waals surface area contributed by atoms with Crippen LogP contribution in [0.5, 0.6) is 5.75 Å². The third-order valence-electron chi connectivity index (χ3n) is 3.82. The van der Waals surface area contributed by atoms with Crippen LogP contribution in [0.15, 0.2) is 12.1 Å². The van der Waals surface area contributed by atoms with Crippen LogP contribution >= 0.6 is 0 Å². The molecule has 4 N–H and O–H groups in total. The van der Waals surface area contributed by atoms with E-state index in [1.54, 1.807) is 0 Å². The summed E-state index contributed by atoms with van der Waals surface area (Å²) in [6.45, 7) is 9.49. The fraction of sp³-hybridized carbons (Fsp3) is 0.647. The maximum absolute atomic E-state index is 10.0. The second-order valence-electron chi connectivity index (χ2n) is 6.24. The first-order valence-electron chi connectivity index (χ1n) is 7.90. The highest BCUT2D eigenvalue weighted by molar-refractivity contribution is 5.44. The van der Waals surface area contributed by atoms with Crippen molar-refractivity contribution in [2.75, 3.05) is 40.3 Å². The van der Waals surface area contributed by atoms with Gasteiger partial charge in [-0.3, -0.25) is 0 Å². The summed E-state index contributed by atoms with van der Waals surface area (Å²) in [5.74, 6) is 0.922. The molecule has 0 aliphatic rings. The third kappa shape index (κ3) is 6.46. The van der Waals surface area contributed by atoms with E-state index in [4.69, 9.17) is 4.74 Å². The summed E-state index contributed by atoms with van der Waals surface area (Å²) >= 11 is 0. The summed E-state index contributed by atoms with van der Waals surface area (Å²) in [6, 6.07) is 4.17. The largest absolute Gasteiger partial charge is 0.490 e. The Morgan fingerprint density at radius 3 is 2.52 bits per heavy atom. The highest BCUT2D eigenvalue weighted by atomic mass is 16.5. The predicted octanol–water partition coefficient (Wildman–Crippen LogP) is -0.550. The Bertz CT molecular complexity index is 433. The number of aryl methyl sites for hydroxylation is 2. The van der Waals surface area contributed by atoms with E-state index in [0.717, 1.165) is 17.9 Å².